The Morgan fingerprint density at radius 3 is 2.42 bits per heavy atom. The fourth-order valence-electron chi connectivity index (χ4n) is 3.46. The van der Waals surface area contributed by atoms with E-state index >= 15 is 0 Å². The second-order valence-corrected chi connectivity index (χ2v) is 6.70. The number of nitriles is 1. The summed E-state index contributed by atoms with van der Waals surface area (Å²) >= 11 is 0. The molecule has 0 saturated heterocycles. The van der Waals surface area contributed by atoms with Crippen LogP contribution in [0.3, 0.4) is 0 Å². The van der Waals surface area contributed by atoms with Crippen molar-refractivity contribution in [2.45, 2.75) is 76.7 Å². The molecule has 1 aliphatic carbocycles. The van der Waals surface area contributed by atoms with E-state index in [1.54, 1.807) is 12.1 Å². The second kappa shape index (κ2) is 9.74. The van der Waals surface area contributed by atoms with Crippen LogP contribution in [0.1, 0.15) is 81.8 Å². The largest absolute Gasteiger partial charge is 0.378 e. The molecule has 1 aromatic carbocycles. The van der Waals surface area contributed by atoms with Crippen LogP contribution in [0, 0.1) is 23.0 Å². The zero-order valence-corrected chi connectivity index (χ0v) is 14.5. The summed E-state index contributed by atoms with van der Waals surface area (Å²) < 4.78 is 33.8. The fraction of sp³-hybridized carbons (Fsp3) is 0.650. The van der Waals surface area contributed by atoms with Crippen LogP contribution >= 0.6 is 0 Å². The Hall–Kier alpha value is -1.47. The van der Waals surface area contributed by atoms with Gasteiger partial charge in [0.1, 0.15) is 6.07 Å². The Labute approximate surface area is 143 Å². The molecule has 0 atom stereocenters. The second-order valence-electron chi connectivity index (χ2n) is 6.70. The predicted octanol–water partition coefficient (Wildman–Crippen LogP) is 5.85. The third-order valence-electron chi connectivity index (χ3n) is 4.95. The number of nitrogens with zero attached hydrogens (tertiary/aromatic N) is 1. The molecule has 0 heterocycles. The van der Waals surface area contributed by atoms with E-state index in [0.29, 0.717) is 5.56 Å². The Balaban J connectivity index is 1.77. The monoisotopic (exact) mass is 335 g/mol. The van der Waals surface area contributed by atoms with Gasteiger partial charge in [-0.15, -0.1) is 0 Å². The van der Waals surface area contributed by atoms with Gasteiger partial charge in [-0.25, -0.2) is 8.78 Å². The SMILES string of the molecule is CCCCCCCOC1CCC(c2ccc(C#N)c(F)c2F)CC1. The molecule has 1 saturated carbocycles. The maximum absolute atomic E-state index is 14.1. The van der Waals surface area contributed by atoms with E-state index in [9.17, 15) is 8.78 Å². The topological polar surface area (TPSA) is 33.0 Å². The van der Waals surface area contributed by atoms with Crippen molar-refractivity contribution in [3.05, 3.63) is 34.9 Å². The fourth-order valence-corrected chi connectivity index (χ4v) is 3.46. The maximum atomic E-state index is 14.1. The highest BCUT2D eigenvalue weighted by atomic mass is 19.2. The molecule has 2 rings (SSSR count). The van der Waals surface area contributed by atoms with Crippen molar-refractivity contribution >= 4 is 0 Å². The highest BCUT2D eigenvalue weighted by Crippen LogP contribution is 2.36. The molecule has 0 spiro atoms. The summed E-state index contributed by atoms with van der Waals surface area (Å²) in [5.74, 6) is -1.84. The van der Waals surface area contributed by atoms with E-state index < -0.39 is 11.6 Å². The van der Waals surface area contributed by atoms with E-state index in [1.165, 1.54) is 31.7 Å². The molecule has 132 valence electrons. The molecule has 0 unspecified atom stereocenters. The van der Waals surface area contributed by atoms with Gasteiger partial charge in [0.15, 0.2) is 11.6 Å². The minimum Gasteiger partial charge on any atom is -0.378 e. The van der Waals surface area contributed by atoms with Gasteiger partial charge in [0, 0.05) is 6.61 Å². The summed E-state index contributed by atoms with van der Waals surface area (Å²) in [6.45, 7) is 3.01. The molecule has 0 aromatic heterocycles. The molecule has 0 bridgehead atoms. The predicted molar refractivity (Wildman–Crippen MR) is 90.8 cm³/mol. The molecule has 1 fully saturated rings. The smallest absolute Gasteiger partial charge is 0.176 e. The summed E-state index contributed by atoms with van der Waals surface area (Å²) in [5.41, 5.74) is 0.181. The standard InChI is InChI=1S/C20H27F2NO/c1-2-3-4-5-6-13-24-17-10-7-15(8-11-17)18-12-9-16(14-23)19(21)20(18)22/h9,12,15,17H,2-8,10-11,13H2,1H3. The Bertz CT molecular complexity index is 559. The lowest BCUT2D eigenvalue weighted by Crippen LogP contribution is -2.22. The number of hydrogen-bond acceptors (Lipinski definition) is 2. The summed E-state index contributed by atoms with van der Waals surface area (Å²) in [5, 5.41) is 8.76. The number of ether oxygens (including phenoxy) is 1. The van der Waals surface area contributed by atoms with Crippen molar-refractivity contribution in [2.24, 2.45) is 0 Å². The first-order chi connectivity index (χ1) is 11.7. The highest BCUT2D eigenvalue weighted by Gasteiger charge is 2.26. The van der Waals surface area contributed by atoms with E-state index in [1.807, 2.05) is 0 Å². The molecular weight excluding hydrogens is 308 g/mol. The van der Waals surface area contributed by atoms with Crippen LogP contribution in [0.5, 0.6) is 0 Å². The summed E-state index contributed by atoms with van der Waals surface area (Å²) in [6.07, 6.45) is 9.78. The van der Waals surface area contributed by atoms with Crippen molar-refractivity contribution in [2.75, 3.05) is 6.61 Å². The first kappa shape index (κ1) is 18.9. The lowest BCUT2D eigenvalue weighted by atomic mass is 9.82. The van der Waals surface area contributed by atoms with Gasteiger partial charge < -0.3 is 4.74 Å². The van der Waals surface area contributed by atoms with Gasteiger partial charge >= 0.3 is 0 Å². The minimum absolute atomic E-state index is 0.0247. The van der Waals surface area contributed by atoms with Gasteiger partial charge in [0.05, 0.1) is 11.7 Å². The number of benzene rings is 1. The van der Waals surface area contributed by atoms with Gasteiger partial charge in [0.2, 0.25) is 0 Å². The molecule has 4 heteroatoms. The lowest BCUT2D eigenvalue weighted by molar-refractivity contribution is 0.0223. The average Bonchev–Trinajstić information content (AvgIpc) is 2.61. The minimum atomic E-state index is -1.01. The lowest BCUT2D eigenvalue weighted by Gasteiger charge is -2.29. The van der Waals surface area contributed by atoms with Crippen LogP contribution in [-0.4, -0.2) is 12.7 Å². The number of halogens is 2. The van der Waals surface area contributed by atoms with E-state index in [2.05, 4.69) is 6.92 Å². The van der Waals surface area contributed by atoms with Crippen molar-refractivity contribution in [1.82, 2.24) is 0 Å². The molecule has 24 heavy (non-hydrogen) atoms. The van der Waals surface area contributed by atoms with E-state index in [0.717, 1.165) is 38.7 Å². The maximum Gasteiger partial charge on any atom is 0.176 e. The molecule has 0 aliphatic heterocycles. The van der Waals surface area contributed by atoms with Crippen LogP contribution in [0.2, 0.25) is 0 Å². The summed E-state index contributed by atoms with van der Waals surface area (Å²) in [7, 11) is 0. The molecule has 1 aromatic rings. The van der Waals surface area contributed by atoms with E-state index in [4.69, 9.17) is 10.00 Å². The zero-order valence-electron chi connectivity index (χ0n) is 14.5. The van der Waals surface area contributed by atoms with Gasteiger partial charge in [-0.3, -0.25) is 0 Å². The van der Waals surface area contributed by atoms with E-state index in [-0.39, 0.29) is 17.6 Å². The highest BCUT2D eigenvalue weighted by molar-refractivity contribution is 5.36. The van der Waals surface area contributed by atoms with Crippen LogP contribution < -0.4 is 0 Å². The third-order valence-corrected chi connectivity index (χ3v) is 4.95. The molecule has 0 N–H and O–H groups in total. The number of unbranched alkanes of at least 4 members (excludes halogenated alkanes) is 4. The first-order valence-electron chi connectivity index (χ1n) is 9.17. The van der Waals surface area contributed by atoms with Crippen LogP contribution in [0.25, 0.3) is 0 Å². The number of rotatable bonds is 8. The van der Waals surface area contributed by atoms with Crippen molar-refractivity contribution in [3.8, 4) is 6.07 Å². The Morgan fingerprint density at radius 2 is 1.75 bits per heavy atom. The van der Waals surface area contributed by atoms with Gasteiger partial charge in [-0.05, 0) is 49.7 Å². The first-order valence-corrected chi connectivity index (χ1v) is 9.17. The molecule has 1 aliphatic rings. The normalized spacial score (nSPS) is 20.8. The van der Waals surface area contributed by atoms with Gasteiger partial charge in [-0.2, -0.15) is 5.26 Å². The molecular formula is C20H27F2NO. The van der Waals surface area contributed by atoms with Crippen molar-refractivity contribution < 1.29 is 13.5 Å². The zero-order chi connectivity index (χ0) is 17.4. The average molecular weight is 335 g/mol. The van der Waals surface area contributed by atoms with Gasteiger partial charge in [0.25, 0.3) is 0 Å². The molecule has 0 amide bonds. The van der Waals surface area contributed by atoms with Crippen LogP contribution in [0.4, 0.5) is 8.78 Å². The van der Waals surface area contributed by atoms with Crippen LogP contribution in [-0.2, 0) is 4.74 Å². The summed E-state index contributed by atoms with van der Waals surface area (Å²) in [4.78, 5) is 0. The quantitative estimate of drug-likeness (QED) is 0.558. The Morgan fingerprint density at radius 1 is 1.04 bits per heavy atom. The summed E-state index contributed by atoms with van der Waals surface area (Å²) in [6, 6.07) is 4.63. The van der Waals surface area contributed by atoms with Crippen molar-refractivity contribution in [3.63, 3.8) is 0 Å². The van der Waals surface area contributed by atoms with Gasteiger partial charge in [-0.1, -0.05) is 38.7 Å². The number of hydrogen-bond donors (Lipinski definition) is 0. The third kappa shape index (κ3) is 5.01. The van der Waals surface area contributed by atoms with Crippen LogP contribution in [0.15, 0.2) is 12.1 Å². The molecule has 2 nitrogen and oxygen atoms in total. The Kier molecular flexibility index (Phi) is 7.65. The van der Waals surface area contributed by atoms with Crippen molar-refractivity contribution in [1.29, 1.82) is 5.26 Å². The molecule has 0 radical (unpaired) electrons.